The Morgan fingerprint density at radius 2 is 2.00 bits per heavy atom. The van der Waals surface area contributed by atoms with E-state index in [1.165, 1.54) is 0 Å². The zero-order valence-electron chi connectivity index (χ0n) is 9.63. The largest absolute Gasteiger partial charge is 0.385 e. The number of allylic oxidation sites excluding steroid dienone is 3. The molecule has 0 aromatic heterocycles. The number of aliphatic hydroxyl groups is 1. The first-order valence-electron chi connectivity index (χ1n) is 5.88. The SMILES string of the molecule is CCC(O)(c1ccccc1)C1C=CC=CC1. The molecule has 2 unspecified atom stereocenters. The molecule has 0 amide bonds. The molecule has 1 aromatic carbocycles. The van der Waals surface area contributed by atoms with Crippen LogP contribution in [0.5, 0.6) is 0 Å². The van der Waals surface area contributed by atoms with Crippen LogP contribution in [0.25, 0.3) is 0 Å². The van der Waals surface area contributed by atoms with E-state index in [9.17, 15) is 5.11 Å². The van der Waals surface area contributed by atoms with Gasteiger partial charge in [-0.3, -0.25) is 0 Å². The molecule has 0 fully saturated rings. The Hall–Kier alpha value is -1.34. The molecule has 0 aliphatic heterocycles. The van der Waals surface area contributed by atoms with Crippen LogP contribution in [0.3, 0.4) is 0 Å². The normalized spacial score (nSPS) is 23.0. The highest BCUT2D eigenvalue weighted by atomic mass is 16.3. The second-order valence-electron chi connectivity index (χ2n) is 4.30. The van der Waals surface area contributed by atoms with Gasteiger partial charge >= 0.3 is 0 Å². The van der Waals surface area contributed by atoms with E-state index in [1.54, 1.807) is 0 Å². The smallest absolute Gasteiger partial charge is 0.0959 e. The lowest BCUT2D eigenvalue weighted by Gasteiger charge is -2.34. The van der Waals surface area contributed by atoms with Crippen molar-refractivity contribution >= 4 is 0 Å². The quantitative estimate of drug-likeness (QED) is 0.817. The molecule has 1 aliphatic carbocycles. The standard InChI is InChI=1S/C15H18O/c1-2-15(16,13-9-5-3-6-10-13)14-11-7-4-8-12-14/h3-11,14,16H,2,12H2,1H3. The van der Waals surface area contributed by atoms with Crippen LogP contribution in [0, 0.1) is 5.92 Å². The van der Waals surface area contributed by atoms with Crippen LogP contribution in [-0.2, 0) is 5.60 Å². The van der Waals surface area contributed by atoms with Crippen LogP contribution in [0.2, 0.25) is 0 Å². The molecule has 0 bridgehead atoms. The molecule has 1 nitrogen and oxygen atoms in total. The van der Waals surface area contributed by atoms with Crippen LogP contribution in [-0.4, -0.2) is 5.11 Å². The minimum absolute atomic E-state index is 0.185. The third-order valence-electron chi connectivity index (χ3n) is 3.41. The van der Waals surface area contributed by atoms with E-state index >= 15 is 0 Å². The summed E-state index contributed by atoms with van der Waals surface area (Å²) in [6, 6.07) is 9.97. The van der Waals surface area contributed by atoms with Gasteiger partial charge in [0.1, 0.15) is 0 Å². The van der Waals surface area contributed by atoms with E-state index in [1.807, 2.05) is 49.4 Å². The molecule has 1 aliphatic rings. The van der Waals surface area contributed by atoms with E-state index < -0.39 is 5.60 Å². The lowest BCUT2D eigenvalue weighted by Crippen LogP contribution is -2.33. The highest BCUT2D eigenvalue weighted by Crippen LogP contribution is 2.37. The van der Waals surface area contributed by atoms with Gasteiger partial charge in [-0.25, -0.2) is 0 Å². The molecule has 0 saturated carbocycles. The van der Waals surface area contributed by atoms with Crippen molar-refractivity contribution in [1.29, 1.82) is 0 Å². The molecule has 0 spiro atoms. The van der Waals surface area contributed by atoms with Gasteiger partial charge in [0, 0.05) is 5.92 Å². The van der Waals surface area contributed by atoms with Crippen LogP contribution < -0.4 is 0 Å². The van der Waals surface area contributed by atoms with Gasteiger partial charge in [0.2, 0.25) is 0 Å². The first-order chi connectivity index (χ1) is 7.77. The number of rotatable bonds is 3. The average molecular weight is 214 g/mol. The third-order valence-corrected chi connectivity index (χ3v) is 3.41. The number of hydrogen-bond acceptors (Lipinski definition) is 1. The molecule has 0 saturated heterocycles. The van der Waals surface area contributed by atoms with Gasteiger partial charge in [0.05, 0.1) is 5.60 Å². The molecule has 16 heavy (non-hydrogen) atoms. The zero-order valence-corrected chi connectivity index (χ0v) is 9.63. The van der Waals surface area contributed by atoms with E-state index in [0.717, 1.165) is 18.4 Å². The Bertz CT molecular complexity index is 391. The van der Waals surface area contributed by atoms with E-state index in [4.69, 9.17) is 0 Å². The fraction of sp³-hybridized carbons (Fsp3) is 0.333. The molecule has 84 valence electrons. The predicted molar refractivity (Wildman–Crippen MR) is 67.0 cm³/mol. The Balaban J connectivity index is 2.32. The summed E-state index contributed by atoms with van der Waals surface area (Å²) in [5.41, 5.74) is 0.283. The van der Waals surface area contributed by atoms with Crippen molar-refractivity contribution in [2.75, 3.05) is 0 Å². The molecule has 1 heteroatoms. The number of benzene rings is 1. The molecule has 2 rings (SSSR count). The van der Waals surface area contributed by atoms with Crippen LogP contribution in [0.1, 0.15) is 25.3 Å². The van der Waals surface area contributed by atoms with Gasteiger partial charge in [-0.1, -0.05) is 61.6 Å². The van der Waals surface area contributed by atoms with Crippen molar-refractivity contribution in [3.63, 3.8) is 0 Å². The van der Waals surface area contributed by atoms with Crippen molar-refractivity contribution in [3.05, 3.63) is 60.2 Å². The first-order valence-corrected chi connectivity index (χ1v) is 5.88. The summed E-state index contributed by atoms with van der Waals surface area (Å²) in [6.07, 6.45) is 9.94. The summed E-state index contributed by atoms with van der Waals surface area (Å²) >= 11 is 0. The lowest BCUT2D eigenvalue weighted by molar-refractivity contribution is -0.00908. The fourth-order valence-electron chi connectivity index (χ4n) is 2.34. The van der Waals surface area contributed by atoms with E-state index in [2.05, 4.69) is 12.2 Å². The Morgan fingerprint density at radius 3 is 2.56 bits per heavy atom. The van der Waals surface area contributed by atoms with Crippen molar-refractivity contribution < 1.29 is 5.11 Å². The molecule has 1 aromatic rings. The second kappa shape index (κ2) is 4.67. The van der Waals surface area contributed by atoms with Gasteiger partial charge < -0.3 is 5.11 Å². The highest BCUT2D eigenvalue weighted by Gasteiger charge is 2.34. The third kappa shape index (κ3) is 1.96. The molecular formula is C15H18O. The molecule has 0 radical (unpaired) electrons. The number of hydrogen-bond donors (Lipinski definition) is 1. The summed E-state index contributed by atoms with van der Waals surface area (Å²) in [5, 5.41) is 10.8. The van der Waals surface area contributed by atoms with E-state index in [0.29, 0.717) is 0 Å². The van der Waals surface area contributed by atoms with Gasteiger partial charge in [-0.2, -0.15) is 0 Å². The summed E-state index contributed by atoms with van der Waals surface area (Å²) in [6.45, 7) is 2.04. The summed E-state index contributed by atoms with van der Waals surface area (Å²) in [5.74, 6) is 0.185. The predicted octanol–water partition coefficient (Wildman–Crippen LogP) is 3.42. The van der Waals surface area contributed by atoms with Crippen LogP contribution >= 0.6 is 0 Å². The fourth-order valence-corrected chi connectivity index (χ4v) is 2.34. The van der Waals surface area contributed by atoms with Gasteiger partial charge in [-0.05, 0) is 18.4 Å². The Labute approximate surface area is 97.1 Å². The van der Waals surface area contributed by atoms with Crippen molar-refractivity contribution in [2.24, 2.45) is 5.92 Å². The van der Waals surface area contributed by atoms with Gasteiger partial charge in [0.25, 0.3) is 0 Å². The maximum absolute atomic E-state index is 10.8. The summed E-state index contributed by atoms with van der Waals surface area (Å²) < 4.78 is 0. The summed E-state index contributed by atoms with van der Waals surface area (Å²) in [4.78, 5) is 0. The summed E-state index contributed by atoms with van der Waals surface area (Å²) in [7, 11) is 0. The monoisotopic (exact) mass is 214 g/mol. The van der Waals surface area contributed by atoms with E-state index in [-0.39, 0.29) is 5.92 Å². The average Bonchev–Trinajstić information content (AvgIpc) is 2.40. The molecule has 0 heterocycles. The highest BCUT2D eigenvalue weighted by molar-refractivity contribution is 5.27. The van der Waals surface area contributed by atoms with Crippen LogP contribution in [0.4, 0.5) is 0 Å². The van der Waals surface area contributed by atoms with Gasteiger partial charge in [-0.15, -0.1) is 0 Å². The maximum atomic E-state index is 10.8. The van der Waals surface area contributed by atoms with Crippen molar-refractivity contribution in [1.82, 2.24) is 0 Å². The second-order valence-corrected chi connectivity index (χ2v) is 4.30. The van der Waals surface area contributed by atoms with Crippen molar-refractivity contribution in [2.45, 2.75) is 25.4 Å². The van der Waals surface area contributed by atoms with Crippen LogP contribution in [0.15, 0.2) is 54.6 Å². The minimum Gasteiger partial charge on any atom is -0.385 e. The molecule has 1 N–H and O–H groups in total. The first kappa shape index (κ1) is 11.2. The lowest BCUT2D eigenvalue weighted by atomic mass is 9.76. The van der Waals surface area contributed by atoms with Gasteiger partial charge in [0.15, 0.2) is 0 Å². The zero-order chi connectivity index (χ0) is 11.4. The minimum atomic E-state index is -0.734. The maximum Gasteiger partial charge on any atom is 0.0959 e. The molecular weight excluding hydrogens is 196 g/mol. The topological polar surface area (TPSA) is 20.2 Å². The Morgan fingerprint density at radius 1 is 1.25 bits per heavy atom. The Kier molecular flexibility index (Phi) is 3.25. The van der Waals surface area contributed by atoms with Crippen molar-refractivity contribution in [3.8, 4) is 0 Å². The molecule has 2 atom stereocenters.